The number of likely N-dealkylation sites (tertiary alicyclic amines) is 1. The second-order valence-electron chi connectivity index (χ2n) is 5.57. The summed E-state index contributed by atoms with van der Waals surface area (Å²) in [6, 6.07) is 2.01. The summed E-state index contributed by atoms with van der Waals surface area (Å²) < 4.78 is 0. The minimum Gasteiger partial charge on any atom is -0.369 e. The molecule has 0 spiro atoms. The van der Waals surface area contributed by atoms with E-state index in [1.807, 2.05) is 19.9 Å². The molecule has 1 unspecified atom stereocenters. The first kappa shape index (κ1) is 15.8. The van der Waals surface area contributed by atoms with Gasteiger partial charge in [0, 0.05) is 6.07 Å². The lowest BCUT2D eigenvalue weighted by Crippen LogP contribution is -2.33. The van der Waals surface area contributed by atoms with E-state index in [0.29, 0.717) is 16.8 Å². The molecule has 0 radical (unpaired) electrons. The Morgan fingerprint density at radius 2 is 2.26 bits per heavy atom. The van der Waals surface area contributed by atoms with Crippen LogP contribution in [0.2, 0.25) is 0 Å². The van der Waals surface area contributed by atoms with Crippen LogP contribution in [0.15, 0.2) is 6.07 Å². The number of anilines is 2. The zero-order chi connectivity index (χ0) is 16.4. The summed E-state index contributed by atoms with van der Waals surface area (Å²) in [5.41, 5.74) is 6.24. The highest BCUT2D eigenvalue weighted by Gasteiger charge is 2.28. The Kier molecular flexibility index (Phi) is 4.49. The van der Waals surface area contributed by atoms with Crippen molar-refractivity contribution in [2.24, 2.45) is 5.73 Å². The number of primary amides is 1. The lowest BCUT2D eigenvalue weighted by molar-refractivity contribution is -0.119. The Morgan fingerprint density at radius 3 is 2.96 bits per heavy atom. The number of hydrogen-bond donors (Lipinski definition) is 2. The number of nitrogens with two attached hydrogens (primary N) is 1. The molecule has 3 N–H and O–H groups in total. The Hall–Kier alpha value is -2.13. The maximum absolute atomic E-state index is 11.2. The van der Waals surface area contributed by atoms with Gasteiger partial charge in [-0.1, -0.05) is 11.3 Å². The molecule has 23 heavy (non-hydrogen) atoms. The van der Waals surface area contributed by atoms with Crippen molar-refractivity contribution in [3.8, 4) is 0 Å². The van der Waals surface area contributed by atoms with Crippen LogP contribution < -0.4 is 11.1 Å². The van der Waals surface area contributed by atoms with Crippen molar-refractivity contribution in [3.63, 3.8) is 0 Å². The van der Waals surface area contributed by atoms with Crippen LogP contribution in [0, 0.1) is 13.8 Å². The Labute approximate surface area is 138 Å². The third-order valence-electron chi connectivity index (χ3n) is 3.68. The standard InChI is InChI=1S/C14H19N7OS/c1-8-16-10(11-4-3-5-21(11)7-12(15)22)6-13(17-8)18-14-20-19-9(2)23-14/h6,11H,3-5,7H2,1-2H3,(H2,15,22)(H,16,17,18,20). The molecule has 1 saturated heterocycles. The first-order chi connectivity index (χ1) is 11.0. The van der Waals surface area contributed by atoms with Crippen LogP contribution in [-0.2, 0) is 4.79 Å². The monoisotopic (exact) mass is 333 g/mol. The highest BCUT2D eigenvalue weighted by Crippen LogP contribution is 2.31. The van der Waals surface area contributed by atoms with Gasteiger partial charge >= 0.3 is 0 Å². The fraction of sp³-hybridized carbons (Fsp3) is 0.500. The number of aromatic nitrogens is 4. The maximum Gasteiger partial charge on any atom is 0.231 e. The summed E-state index contributed by atoms with van der Waals surface area (Å²) in [5, 5.41) is 12.8. The lowest BCUT2D eigenvalue weighted by atomic mass is 10.1. The van der Waals surface area contributed by atoms with Crippen molar-refractivity contribution < 1.29 is 4.79 Å². The molecule has 0 aromatic carbocycles. The SMILES string of the molecule is Cc1nc(Nc2nnc(C)s2)cc(C2CCCN2CC(N)=O)n1. The van der Waals surface area contributed by atoms with Gasteiger partial charge in [0.25, 0.3) is 0 Å². The lowest BCUT2D eigenvalue weighted by Gasteiger charge is -2.23. The van der Waals surface area contributed by atoms with Gasteiger partial charge in [-0.15, -0.1) is 10.2 Å². The van der Waals surface area contributed by atoms with Gasteiger partial charge in [-0.3, -0.25) is 9.69 Å². The quantitative estimate of drug-likeness (QED) is 0.849. The minimum atomic E-state index is -0.314. The van der Waals surface area contributed by atoms with Crippen LogP contribution in [0.3, 0.4) is 0 Å². The van der Waals surface area contributed by atoms with E-state index in [9.17, 15) is 4.79 Å². The molecule has 0 aliphatic carbocycles. The van der Waals surface area contributed by atoms with Crippen LogP contribution in [0.4, 0.5) is 10.9 Å². The van der Waals surface area contributed by atoms with E-state index >= 15 is 0 Å². The second kappa shape index (κ2) is 6.55. The van der Waals surface area contributed by atoms with E-state index < -0.39 is 0 Å². The van der Waals surface area contributed by atoms with Crippen molar-refractivity contribution in [1.29, 1.82) is 0 Å². The second-order valence-corrected chi connectivity index (χ2v) is 6.75. The van der Waals surface area contributed by atoms with Crippen molar-refractivity contribution in [1.82, 2.24) is 25.1 Å². The molecule has 8 nitrogen and oxygen atoms in total. The molecule has 1 amide bonds. The third-order valence-corrected chi connectivity index (χ3v) is 4.44. The molecule has 2 aromatic rings. The predicted octanol–water partition coefficient (Wildman–Crippen LogP) is 1.31. The van der Waals surface area contributed by atoms with Crippen LogP contribution >= 0.6 is 11.3 Å². The molecule has 0 saturated carbocycles. The van der Waals surface area contributed by atoms with Gasteiger partial charge in [0.1, 0.15) is 16.6 Å². The molecular formula is C14H19N7OS. The molecule has 0 bridgehead atoms. The van der Waals surface area contributed by atoms with Crippen molar-refractivity contribution >= 4 is 28.2 Å². The van der Waals surface area contributed by atoms with E-state index in [0.717, 1.165) is 30.1 Å². The summed E-state index contributed by atoms with van der Waals surface area (Å²) in [6.07, 6.45) is 1.99. The number of carbonyl (C=O) groups is 1. The zero-order valence-electron chi connectivity index (χ0n) is 13.1. The summed E-state index contributed by atoms with van der Waals surface area (Å²) in [4.78, 5) is 22.2. The van der Waals surface area contributed by atoms with Gasteiger partial charge in [-0.05, 0) is 33.2 Å². The zero-order valence-corrected chi connectivity index (χ0v) is 13.9. The van der Waals surface area contributed by atoms with Gasteiger partial charge < -0.3 is 11.1 Å². The minimum absolute atomic E-state index is 0.0981. The average Bonchev–Trinajstić information content (AvgIpc) is 3.07. The maximum atomic E-state index is 11.2. The first-order valence-corrected chi connectivity index (χ1v) is 8.28. The number of aryl methyl sites for hydroxylation is 2. The van der Waals surface area contributed by atoms with Gasteiger partial charge in [0.05, 0.1) is 18.3 Å². The largest absolute Gasteiger partial charge is 0.369 e. The van der Waals surface area contributed by atoms with Gasteiger partial charge in [0.15, 0.2) is 0 Å². The third kappa shape index (κ3) is 3.80. The summed E-state index contributed by atoms with van der Waals surface area (Å²) in [7, 11) is 0. The fourth-order valence-electron chi connectivity index (χ4n) is 2.83. The molecule has 122 valence electrons. The molecule has 1 aliphatic heterocycles. The van der Waals surface area contributed by atoms with Crippen LogP contribution in [0.5, 0.6) is 0 Å². The topological polar surface area (TPSA) is 110 Å². The number of hydrogen-bond acceptors (Lipinski definition) is 8. The van der Waals surface area contributed by atoms with E-state index in [1.54, 1.807) is 0 Å². The van der Waals surface area contributed by atoms with E-state index in [4.69, 9.17) is 5.73 Å². The number of nitrogens with one attached hydrogen (secondary N) is 1. The van der Waals surface area contributed by atoms with Gasteiger partial charge in [0.2, 0.25) is 11.0 Å². The number of carbonyl (C=O) groups excluding carboxylic acids is 1. The normalized spacial score (nSPS) is 18.3. The molecule has 3 heterocycles. The molecular weight excluding hydrogens is 314 g/mol. The smallest absolute Gasteiger partial charge is 0.231 e. The van der Waals surface area contributed by atoms with Crippen LogP contribution in [0.25, 0.3) is 0 Å². The number of rotatable bonds is 5. The Morgan fingerprint density at radius 1 is 1.43 bits per heavy atom. The summed E-state index contributed by atoms with van der Waals surface area (Å²) in [6.45, 7) is 4.87. The van der Waals surface area contributed by atoms with Crippen LogP contribution in [0.1, 0.15) is 35.4 Å². The fourth-order valence-corrected chi connectivity index (χ4v) is 3.43. The predicted molar refractivity (Wildman–Crippen MR) is 87.4 cm³/mol. The molecule has 2 aromatic heterocycles. The summed E-state index contributed by atoms with van der Waals surface area (Å²) in [5.74, 6) is 1.05. The molecule has 1 fully saturated rings. The van der Waals surface area contributed by atoms with Crippen LogP contribution in [-0.4, -0.2) is 44.1 Å². The van der Waals surface area contributed by atoms with E-state index in [2.05, 4.69) is 30.4 Å². The Balaban J connectivity index is 1.83. The number of amides is 1. The number of nitrogens with zero attached hydrogens (tertiary/aromatic N) is 5. The summed E-state index contributed by atoms with van der Waals surface area (Å²) >= 11 is 1.47. The van der Waals surface area contributed by atoms with Crippen molar-refractivity contribution in [3.05, 3.63) is 22.6 Å². The molecule has 1 atom stereocenters. The average molecular weight is 333 g/mol. The first-order valence-electron chi connectivity index (χ1n) is 7.46. The van der Waals surface area contributed by atoms with Gasteiger partial charge in [-0.2, -0.15) is 0 Å². The van der Waals surface area contributed by atoms with Gasteiger partial charge in [-0.25, -0.2) is 9.97 Å². The highest BCUT2D eigenvalue weighted by molar-refractivity contribution is 7.15. The molecule has 9 heteroatoms. The van der Waals surface area contributed by atoms with E-state index in [-0.39, 0.29) is 18.5 Å². The van der Waals surface area contributed by atoms with Crippen molar-refractivity contribution in [2.75, 3.05) is 18.4 Å². The highest BCUT2D eigenvalue weighted by atomic mass is 32.1. The van der Waals surface area contributed by atoms with Crippen molar-refractivity contribution in [2.45, 2.75) is 32.7 Å². The Bertz CT molecular complexity index is 717. The molecule has 3 rings (SSSR count). The molecule has 1 aliphatic rings. The van der Waals surface area contributed by atoms with E-state index in [1.165, 1.54) is 11.3 Å².